The smallest absolute Gasteiger partial charge is 0.341 e. The first-order valence-corrected chi connectivity index (χ1v) is 9.35. The molecule has 0 saturated carbocycles. The van der Waals surface area contributed by atoms with Crippen LogP contribution < -0.4 is 4.90 Å². The summed E-state index contributed by atoms with van der Waals surface area (Å²) >= 11 is 0.167. The van der Waals surface area contributed by atoms with E-state index >= 15 is 0 Å². The standard InChI is InChI=1S/C19H18F2N2O3S/c1-12(17(24)23-11-5-7-13-6-2-3-9-15(13)23)26-18(25)14-8-4-10-22-16(14)27-19(20)21/h2-4,6,8-10,12,19H,5,7,11H2,1H3/t12-/m1/s1. The van der Waals surface area contributed by atoms with Crippen LogP contribution in [0.2, 0.25) is 0 Å². The summed E-state index contributed by atoms with van der Waals surface area (Å²) in [5.74, 6) is -3.91. The number of alkyl halides is 2. The predicted molar refractivity (Wildman–Crippen MR) is 98.1 cm³/mol. The van der Waals surface area contributed by atoms with E-state index in [1.54, 1.807) is 4.90 Å². The van der Waals surface area contributed by atoms with Gasteiger partial charge < -0.3 is 9.64 Å². The molecule has 27 heavy (non-hydrogen) atoms. The Morgan fingerprint density at radius 1 is 1.22 bits per heavy atom. The number of hydrogen-bond acceptors (Lipinski definition) is 5. The van der Waals surface area contributed by atoms with Gasteiger partial charge in [-0.2, -0.15) is 8.78 Å². The highest BCUT2D eigenvalue weighted by Crippen LogP contribution is 2.29. The number of pyridine rings is 1. The Hall–Kier alpha value is -2.48. The minimum Gasteiger partial charge on any atom is -0.449 e. The number of anilines is 1. The summed E-state index contributed by atoms with van der Waals surface area (Å²) in [6.07, 6.45) is 1.98. The molecular formula is C19H18F2N2O3S. The summed E-state index contributed by atoms with van der Waals surface area (Å²) in [5, 5.41) is -0.125. The van der Waals surface area contributed by atoms with Gasteiger partial charge in [-0.3, -0.25) is 4.79 Å². The van der Waals surface area contributed by atoms with Crippen molar-refractivity contribution < 1.29 is 23.1 Å². The summed E-state index contributed by atoms with van der Waals surface area (Å²) in [7, 11) is 0. The molecule has 2 heterocycles. The Bertz CT molecular complexity index is 847. The Kier molecular flexibility index (Phi) is 6.05. The summed E-state index contributed by atoms with van der Waals surface area (Å²) in [6, 6.07) is 10.4. The number of nitrogens with zero attached hydrogens (tertiary/aromatic N) is 2. The number of carbonyl (C=O) groups excluding carboxylic acids is 2. The zero-order valence-corrected chi connectivity index (χ0v) is 15.4. The molecule has 1 aliphatic heterocycles. The van der Waals surface area contributed by atoms with Crippen molar-refractivity contribution in [2.24, 2.45) is 0 Å². The number of ether oxygens (including phenoxy) is 1. The predicted octanol–water partition coefficient (Wildman–Crippen LogP) is 3.92. The number of amides is 1. The maximum Gasteiger partial charge on any atom is 0.341 e. The molecule has 142 valence electrons. The fourth-order valence-electron chi connectivity index (χ4n) is 2.98. The molecule has 1 atom stereocenters. The van der Waals surface area contributed by atoms with Crippen molar-refractivity contribution in [2.75, 3.05) is 11.4 Å². The molecule has 0 spiro atoms. The van der Waals surface area contributed by atoms with Crippen LogP contribution in [-0.4, -0.2) is 35.3 Å². The molecule has 0 radical (unpaired) electrons. The topological polar surface area (TPSA) is 59.5 Å². The van der Waals surface area contributed by atoms with Gasteiger partial charge in [0.05, 0.1) is 5.56 Å². The second kappa shape index (κ2) is 8.47. The molecule has 0 saturated heterocycles. The largest absolute Gasteiger partial charge is 0.449 e. The van der Waals surface area contributed by atoms with Crippen molar-refractivity contribution in [3.8, 4) is 0 Å². The van der Waals surface area contributed by atoms with Crippen molar-refractivity contribution >= 4 is 29.3 Å². The molecular weight excluding hydrogens is 374 g/mol. The van der Waals surface area contributed by atoms with Crippen LogP contribution in [-0.2, 0) is 16.0 Å². The van der Waals surface area contributed by atoms with Crippen molar-refractivity contribution in [3.05, 3.63) is 53.7 Å². The number of rotatable bonds is 5. The van der Waals surface area contributed by atoms with E-state index in [1.807, 2.05) is 24.3 Å². The number of esters is 1. The SMILES string of the molecule is C[C@@H](OC(=O)c1cccnc1SC(F)F)C(=O)N1CCCc2ccccc21. The third-order valence-electron chi connectivity index (χ3n) is 4.20. The zero-order chi connectivity index (χ0) is 19.4. The number of hydrogen-bond donors (Lipinski definition) is 0. The van der Waals surface area contributed by atoms with Gasteiger partial charge in [-0.25, -0.2) is 9.78 Å². The molecule has 1 amide bonds. The molecule has 0 fully saturated rings. The van der Waals surface area contributed by atoms with Gasteiger partial charge >= 0.3 is 5.97 Å². The number of benzene rings is 1. The van der Waals surface area contributed by atoms with E-state index < -0.39 is 17.8 Å². The van der Waals surface area contributed by atoms with E-state index in [0.717, 1.165) is 24.1 Å². The van der Waals surface area contributed by atoms with Crippen molar-refractivity contribution in [3.63, 3.8) is 0 Å². The van der Waals surface area contributed by atoms with E-state index in [0.29, 0.717) is 6.54 Å². The Morgan fingerprint density at radius 3 is 2.78 bits per heavy atom. The molecule has 1 aromatic carbocycles. The highest BCUT2D eigenvalue weighted by atomic mass is 32.2. The Labute approximate surface area is 159 Å². The van der Waals surface area contributed by atoms with Crippen LogP contribution in [0, 0.1) is 0 Å². The van der Waals surface area contributed by atoms with E-state index in [2.05, 4.69) is 4.98 Å². The monoisotopic (exact) mass is 392 g/mol. The van der Waals surface area contributed by atoms with Crippen LogP contribution in [0.4, 0.5) is 14.5 Å². The summed E-state index contributed by atoms with van der Waals surface area (Å²) in [5.41, 5.74) is 1.80. The van der Waals surface area contributed by atoms with Gasteiger partial charge in [0.15, 0.2) is 6.10 Å². The molecule has 0 bridgehead atoms. The van der Waals surface area contributed by atoms with E-state index in [1.165, 1.54) is 25.3 Å². The van der Waals surface area contributed by atoms with Crippen LogP contribution in [0.1, 0.15) is 29.3 Å². The molecule has 1 aliphatic rings. The average Bonchev–Trinajstić information content (AvgIpc) is 2.66. The van der Waals surface area contributed by atoms with Gasteiger partial charge in [-0.1, -0.05) is 18.2 Å². The molecule has 0 aliphatic carbocycles. The van der Waals surface area contributed by atoms with E-state index in [-0.39, 0.29) is 28.3 Å². The van der Waals surface area contributed by atoms with Crippen LogP contribution >= 0.6 is 11.8 Å². The number of aromatic nitrogens is 1. The van der Waals surface area contributed by atoms with Gasteiger partial charge in [-0.15, -0.1) is 0 Å². The first kappa shape index (κ1) is 19.3. The number of aryl methyl sites for hydroxylation is 1. The second-order valence-electron chi connectivity index (χ2n) is 6.00. The maximum atomic E-state index is 12.8. The lowest BCUT2D eigenvalue weighted by Crippen LogP contribution is -2.42. The number of thioether (sulfide) groups is 1. The second-order valence-corrected chi connectivity index (χ2v) is 6.98. The lowest BCUT2D eigenvalue weighted by molar-refractivity contribution is -0.126. The molecule has 8 heteroatoms. The lowest BCUT2D eigenvalue weighted by Gasteiger charge is -2.31. The lowest BCUT2D eigenvalue weighted by atomic mass is 10.0. The fourth-order valence-corrected chi connectivity index (χ4v) is 3.55. The van der Waals surface area contributed by atoms with Crippen molar-refractivity contribution in [2.45, 2.75) is 36.7 Å². The van der Waals surface area contributed by atoms with Crippen LogP contribution in [0.25, 0.3) is 0 Å². The molecule has 3 rings (SSSR count). The van der Waals surface area contributed by atoms with Gasteiger partial charge in [0.1, 0.15) is 5.03 Å². The summed E-state index contributed by atoms with van der Waals surface area (Å²) in [4.78, 5) is 30.6. The van der Waals surface area contributed by atoms with Gasteiger partial charge in [-0.05, 0) is 55.3 Å². The third kappa shape index (κ3) is 4.44. The molecule has 1 aromatic heterocycles. The minimum absolute atomic E-state index is 0.0819. The summed E-state index contributed by atoms with van der Waals surface area (Å²) < 4.78 is 30.6. The highest BCUT2D eigenvalue weighted by Gasteiger charge is 2.29. The number of fused-ring (bicyclic) bond motifs is 1. The van der Waals surface area contributed by atoms with Gasteiger partial charge in [0, 0.05) is 18.4 Å². The first-order valence-electron chi connectivity index (χ1n) is 8.47. The fraction of sp³-hybridized carbons (Fsp3) is 0.316. The minimum atomic E-state index is -2.71. The zero-order valence-electron chi connectivity index (χ0n) is 14.6. The van der Waals surface area contributed by atoms with Crippen molar-refractivity contribution in [1.82, 2.24) is 4.98 Å². The highest BCUT2D eigenvalue weighted by molar-refractivity contribution is 7.99. The van der Waals surface area contributed by atoms with E-state index in [4.69, 9.17) is 4.74 Å². The Balaban J connectivity index is 1.74. The van der Waals surface area contributed by atoms with Gasteiger partial charge in [0.2, 0.25) is 0 Å². The number of para-hydroxylation sites is 1. The Morgan fingerprint density at radius 2 is 2.00 bits per heavy atom. The number of carbonyl (C=O) groups is 2. The van der Waals surface area contributed by atoms with Gasteiger partial charge in [0.25, 0.3) is 11.7 Å². The number of halogens is 2. The molecule has 5 nitrogen and oxygen atoms in total. The third-order valence-corrected chi connectivity index (χ3v) is 4.93. The molecule has 2 aromatic rings. The van der Waals surface area contributed by atoms with Crippen molar-refractivity contribution in [1.29, 1.82) is 0 Å². The van der Waals surface area contributed by atoms with Crippen LogP contribution in [0.15, 0.2) is 47.6 Å². The van der Waals surface area contributed by atoms with E-state index in [9.17, 15) is 18.4 Å². The summed E-state index contributed by atoms with van der Waals surface area (Å²) in [6.45, 7) is 2.02. The molecule has 0 unspecified atom stereocenters. The molecule has 0 N–H and O–H groups in total. The normalized spacial score (nSPS) is 14.6. The quantitative estimate of drug-likeness (QED) is 0.570. The van der Waals surface area contributed by atoms with Crippen LogP contribution in [0.5, 0.6) is 0 Å². The first-order chi connectivity index (χ1) is 13.0. The average molecular weight is 392 g/mol. The van der Waals surface area contributed by atoms with Crippen LogP contribution in [0.3, 0.4) is 0 Å². The maximum absolute atomic E-state index is 12.8.